The van der Waals surface area contributed by atoms with Gasteiger partial charge >= 0.3 is 0 Å². The number of carbonyl (C=O) groups is 1. The zero-order valence-electron chi connectivity index (χ0n) is 17.0. The van der Waals surface area contributed by atoms with E-state index in [2.05, 4.69) is 10.3 Å². The van der Waals surface area contributed by atoms with E-state index in [0.29, 0.717) is 17.5 Å². The summed E-state index contributed by atoms with van der Waals surface area (Å²) in [5.74, 6) is -1.15. The van der Waals surface area contributed by atoms with Gasteiger partial charge in [0.05, 0.1) is 29.0 Å². The van der Waals surface area contributed by atoms with Crippen molar-refractivity contribution in [1.82, 2.24) is 5.32 Å². The standard InChI is InChI=1S/C20H28F2N2O4SSi/c1-28-7-8-29(26,27)15-4-2-14(3-5-15)16(10-13-11-17(21)18(22)12-13)19(25)24-20-23-6-9-30-20/h2-4,6,9,13,15-18H,5,7-8,10-12,30H2,1H3,(H,23,24,25)/t13?,15?,16?,17-,18+. The van der Waals surface area contributed by atoms with Gasteiger partial charge in [-0.05, 0) is 37.2 Å². The summed E-state index contributed by atoms with van der Waals surface area (Å²) < 4.78 is 57.0. The Labute approximate surface area is 178 Å². The first-order valence-electron chi connectivity index (χ1n) is 10.2. The van der Waals surface area contributed by atoms with Gasteiger partial charge in [0.25, 0.3) is 0 Å². The van der Waals surface area contributed by atoms with E-state index in [1.807, 2.05) is 5.70 Å². The lowest BCUT2D eigenvalue weighted by atomic mass is 9.84. The molecule has 0 spiro atoms. The highest BCUT2D eigenvalue weighted by molar-refractivity contribution is 7.92. The largest absolute Gasteiger partial charge is 0.384 e. The molecule has 1 heterocycles. The molecule has 0 saturated heterocycles. The van der Waals surface area contributed by atoms with Crippen LogP contribution in [0.15, 0.2) is 40.7 Å². The molecule has 1 aliphatic heterocycles. The van der Waals surface area contributed by atoms with Crippen LogP contribution in [0.5, 0.6) is 0 Å². The zero-order chi connectivity index (χ0) is 21.7. The number of alkyl halides is 2. The minimum Gasteiger partial charge on any atom is -0.384 e. The number of nitrogens with one attached hydrogen (secondary N) is 1. The number of amides is 1. The van der Waals surface area contributed by atoms with Crippen molar-refractivity contribution in [3.63, 3.8) is 0 Å². The van der Waals surface area contributed by atoms with Crippen molar-refractivity contribution in [3.05, 3.63) is 35.7 Å². The summed E-state index contributed by atoms with van der Waals surface area (Å²) in [6.45, 7) is 0.130. The molecular weight excluding hydrogens is 430 g/mol. The maximum absolute atomic E-state index is 13.7. The van der Waals surface area contributed by atoms with Crippen LogP contribution < -0.4 is 5.32 Å². The summed E-state index contributed by atoms with van der Waals surface area (Å²) in [4.78, 5) is 17.1. The molecule has 0 radical (unpaired) electrons. The van der Waals surface area contributed by atoms with Crippen LogP contribution in [0.4, 0.5) is 8.78 Å². The number of methoxy groups -OCH3 is 1. The van der Waals surface area contributed by atoms with Crippen molar-refractivity contribution in [2.75, 3.05) is 19.5 Å². The third-order valence-corrected chi connectivity index (χ3v) is 9.03. The SMILES string of the molecule is COCCS(=O)(=O)C1C=CC(C(CC2C[C@@H](F)[C@@H](F)C2)C(=O)NC2=NC=C[SiH2]2)=CC1. The first kappa shape index (κ1) is 23.0. The van der Waals surface area contributed by atoms with Gasteiger partial charge in [-0.2, -0.15) is 0 Å². The highest BCUT2D eigenvalue weighted by Crippen LogP contribution is 2.37. The molecule has 3 unspecified atom stereocenters. The third kappa shape index (κ3) is 5.73. The van der Waals surface area contributed by atoms with E-state index in [0.717, 1.165) is 0 Å². The lowest BCUT2D eigenvalue weighted by molar-refractivity contribution is -0.122. The lowest BCUT2D eigenvalue weighted by Gasteiger charge is -2.24. The molecule has 1 amide bonds. The van der Waals surface area contributed by atoms with Gasteiger partial charge in [0.1, 0.15) is 21.9 Å². The molecule has 0 aromatic heterocycles. The van der Waals surface area contributed by atoms with Crippen molar-refractivity contribution in [2.24, 2.45) is 16.8 Å². The number of hydrogen-bond acceptors (Lipinski definition) is 5. The fraction of sp³-hybridized carbons (Fsp3) is 0.600. The van der Waals surface area contributed by atoms with Crippen LogP contribution >= 0.6 is 0 Å². The number of ether oxygens (including phenoxy) is 1. The number of halogens is 2. The number of sulfone groups is 1. The van der Waals surface area contributed by atoms with Crippen molar-refractivity contribution in [3.8, 4) is 0 Å². The second-order valence-electron chi connectivity index (χ2n) is 8.01. The molecule has 3 rings (SSSR count). The molecule has 1 saturated carbocycles. The average Bonchev–Trinajstić information content (AvgIpc) is 3.34. The van der Waals surface area contributed by atoms with E-state index in [4.69, 9.17) is 4.74 Å². The van der Waals surface area contributed by atoms with Crippen LogP contribution in [0.3, 0.4) is 0 Å². The van der Waals surface area contributed by atoms with Gasteiger partial charge in [-0.3, -0.25) is 4.79 Å². The number of rotatable bonds is 8. The number of amidine groups is 1. The van der Waals surface area contributed by atoms with Crippen LogP contribution in [0, 0.1) is 11.8 Å². The molecule has 2 aliphatic carbocycles. The maximum Gasteiger partial charge on any atom is 0.232 e. The summed E-state index contributed by atoms with van der Waals surface area (Å²) >= 11 is 0. The Morgan fingerprint density at radius 3 is 2.67 bits per heavy atom. The van der Waals surface area contributed by atoms with Crippen LogP contribution in [0.2, 0.25) is 0 Å². The summed E-state index contributed by atoms with van der Waals surface area (Å²) in [5, 5.41) is 2.20. The van der Waals surface area contributed by atoms with Gasteiger partial charge in [-0.15, -0.1) is 0 Å². The highest BCUT2D eigenvalue weighted by Gasteiger charge is 2.38. The van der Waals surface area contributed by atoms with Crippen molar-refractivity contribution >= 4 is 30.7 Å². The first-order chi connectivity index (χ1) is 14.3. The average molecular weight is 459 g/mol. The predicted octanol–water partition coefficient (Wildman–Crippen LogP) is 1.52. The summed E-state index contributed by atoms with van der Waals surface area (Å²) in [6.07, 6.45) is 4.54. The Morgan fingerprint density at radius 1 is 1.37 bits per heavy atom. The number of hydrogen-bond donors (Lipinski definition) is 1. The van der Waals surface area contributed by atoms with Gasteiger partial charge in [0, 0.05) is 13.3 Å². The topological polar surface area (TPSA) is 84.8 Å². The monoisotopic (exact) mass is 458 g/mol. The van der Waals surface area contributed by atoms with Crippen molar-refractivity contribution in [1.29, 1.82) is 0 Å². The number of allylic oxidation sites excluding steroid dienone is 2. The fourth-order valence-corrected chi connectivity index (χ4v) is 6.44. The van der Waals surface area contributed by atoms with Gasteiger partial charge < -0.3 is 10.1 Å². The fourth-order valence-electron chi connectivity index (χ4n) is 4.11. The van der Waals surface area contributed by atoms with Gasteiger partial charge in [-0.25, -0.2) is 22.2 Å². The minimum atomic E-state index is -3.35. The van der Waals surface area contributed by atoms with E-state index in [9.17, 15) is 22.0 Å². The molecule has 0 aromatic carbocycles. The zero-order valence-corrected chi connectivity index (χ0v) is 19.2. The molecule has 166 valence electrons. The van der Waals surface area contributed by atoms with Crippen LogP contribution in [-0.4, -0.2) is 66.4 Å². The molecular formula is C20H28F2N2O4SSi. The van der Waals surface area contributed by atoms with E-state index >= 15 is 0 Å². The van der Waals surface area contributed by atoms with Crippen molar-refractivity contribution in [2.45, 2.75) is 43.3 Å². The normalized spacial score (nSPS) is 30.4. The van der Waals surface area contributed by atoms with Gasteiger partial charge in [0.2, 0.25) is 5.91 Å². The van der Waals surface area contributed by atoms with Gasteiger partial charge in [-0.1, -0.05) is 23.9 Å². The Bertz CT molecular complexity index is 862. The van der Waals surface area contributed by atoms with Crippen LogP contribution in [0.25, 0.3) is 0 Å². The van der Waals surface area contributed by atoms with E-state index in [1.165, 1.54) is 7.11 Å². The summed E-state index contributed by atoms with van der Waals surface area (Å²) in [7, 11) is -2.63. The van der Waals surface area contributed by atoms with Crippen molar-refractivity contribution < 1.29 is 26.7 Å². The molecule has 1 fully saturated rings. The molecule has 0 aromatic rings. The Balaban J connectivity index is 1.71. The summed E-state index contributed by atoms with van der Waals surface area (Å²) in [5.41, 5.74) is 3.32. The molecule has 3 aliphatic rings. The van der Waals surface area contributed by atoms with Crippen LogP contribution in [0.1, 0.15) is 25.7 Å². The first-order valence-corrected chi connectivity index (χ1v) is 13.4. The summed E-state index contributed by atoms with van der Waals surface area (Å²) in [6, 6.07) is 0. The van der Waals surface area contributed by atoms with E-state index in [1.54, 1.807) is 24.4 Å². The Morgan fingerprint density at radius 2 is 2.10 bits per heavy atom. The Kier molecular flexibility index (Phi) is 7.75. The molecule has 0 bridgehead atoms. The third-order valence-electron chi connectivity index (χ3n) is 5.83. The molecule has 6 nitrogen and oxygen atoms in total. The second-order valence-corrected chi connectivity index (χ2v) is 11.9. The smallest absolute Gasteiger partial charge is 0.232 e. The number of nitrogens with zero attached hydrogens (tertiary/aromatic N) is 1. The highest BCUT2D eigenvalue weighted by atomic mass is 32.2. The van der Waals surface area contributed by atoms with E-state index < -0.39 is 42.9 Å². The quantitative estimate of drug-likeness (QED) is 0.559. The van der Waals surface area contributed by atoms with Crippen LogP contribution in [-0.2, 0) is 19.4 Å². The number of aliphatic imine (C=N–C) groups is 1. The lowest BCUT2D eigenvalue weighted by Crippen LogP contribution is -2.39. The minimum absolute atomic E-state index is 0.0686. The molecule has 30 heavy (non-hydrogen) atoms. The van der Waals surface area contributed by atoms with Gasteiger partial charge in [0.15, 0.2) is 9.84 Å². The van der Waals surface area contributed by atoms with E-state index in [-0.39, 0.29) is 43.4 Å². The Hall–Kier alpha value is -1.65. The second kappa shape index (κ2) is 10.1. The molecule has 1 N–H and O–H groups in total. The predicted molar refractivity (Wildman–Crippen MR) is 115 cm³/mol. The molecule has 10 heteroatoms. The number of carbonyl (C=O) groups excluding carboxylic acids is 1. The maximum atomic E-state index is 13.7. The molecule has 5 atom stereocenters.